The van der Waals surface area contributed by atoms with Gasteiger partial charge in [-0.1, -0.05) is 53.6 Å². The summed E-state index contributed by atoms with van der Waals surface area (Å²) in [6.45, 7) is 0. The summed E-state index contributed by atoms with van der Waals surface area (Å²) in [4.78, 5) is 5.00. The number of anilines is 2. The average molecular weight is 490 g/mol. The normalized spacial score (nSPS) is 21.9. The lowest BCUT2D eigenvalue weighted by Crippen LogP contribution is -2.55. The largest absolute Gasteiger partial charge is 0.389 e. The second kappa shape index (κ2) is 9.71. The van der Waals surface area contributed by atoms with Gasteiger partial charge in [-0.15, -0.1) is 0 Å². The number of rotatable bonds is 5. The van der Waals surface area contributed by atoms with Crippen LogP contribution in [0.5, 0.6) is 0 Å². The highest BCUT2D eigenvalue weighted by Crippen LogP contribution is 2.41. The minimum absolute atomic E-state index is 0.0641. The lowest BCUT2D eigenvalue weighted by molar-refractivity contribution is 0.0812. The van der Waals surface area contributed by atoms with Gasteiger partial charge in [0.1, 0.15) is 0 Å². The third-order valence-electron chi connectivity index (χ3n) is 6.93. The molecule has 2 aliphatic rings. The van der Waals surface area contributed by atoms with Crippen LogP contribution in [0.4, 0.5) is 17.1 Å². The first-order chi connectivity index (χ1) is 17.0. The summed E-state index contributed by atoms with van der Waals surface area (Å²) in [6, 6.07) is 21.3. The van der Waals surface area contributed by atoms with Crippen molar-refractivity contribution in [3.63, 3.8) is 0 Å². The molecule has 1 fully saturated rings. The Bertz CT molecular complexity index is 1320. The quantitative estimate of drug-likeness (QED) is 0.293. The molecule has 3 atom stereocenters. The maximum Gasteiger partial charge on any atom is 0.240 e. The van der Waals surface area contributed by atoms with Gasteiger partial charge in [0.15, 0.2) is 0 Å². The maximum absolute atomic E-state index is 13.1. The molecule has 2 N–H and O–H groups in total. The van der Waals surface area contributed by atoms with Crippen molar-refractivity contribution >= 4 is 27.1 Å². The fourth-order valence-corrected chi connectivity index (χ4v) is 6.54. The fourth-order valence-electron chi connectivity index (χ4n) is 5.25. The Morgan fingerprint density at radius 2 is 1.51 bits per heavy atom. The third kappa shape index (κ3) is 4.63. The number of nitrogens with one attached hydrogen (secondary N) is 1. The second-order valence-corrected chi connectivity index (χ2v) is 10.7. The van der Waals surface area contributed by atoms with Crippen molar-refractivity contribution in [2.24, 2.45) is 5.11 Å². The fraction of sp³-hybridized carbons (Fsp3) is 0.308. The minimum Gasteiger partial charge on any atom is -0.389 e. The zero-order valence-corrected chi connectivity index (χ0v) is 20.0. The molecule has 3 aromatic rings. The second-order valence-electron chi connectivity index (χ2n) is 9.03. The molecule has 3 aromatic carbocycles. The molecule has 8 nitrogen and oxygen atoms in total. The molecule has 0 aromatic heterocycles. The van der Waals surface area contributed by atoms with Gasteiger partial charge < -0.3 is 10.0 Å². The number of aliphatic hydroxyl groups is 1. The van der Waals surface area contributed by atoms with Crippen LogP contribution in [0.1, 0.15) is 30.4 Å². The van der Waals surface area contributed by atoms with Gasteiger partial charge in [-0.05, 0) is 73.0 Å². The van der Waals surface area contributed by atoms with E-state index in [2.05, 4.69) is 43.9 Å². The molecule has 1 heterocycles. The van der Waals surface area contributed by atoms with E-state index in [0.717, 1.165) is 37.1 Å². The number of sulfonamides is 1. The van der Waals surface area contributed by atoms with Crippen molar-refractivity contribution in [2.45, 2.75) is 55.2 Å². The smallest absolute Gasteiger partial charge is 0.240 e. The molecule has 0 radical (unpaired) electrons. The summed E-state index contributed by atoms with van der Waals surface area (Å²) in [6.07, 6.45) is 3.00. The van der Waals surface area contributed by atoms with E-state index in [-0.39, 0.29) is 10.9 Å². The summed E-state index contributed by atoms with van der Waals surface area (Å²) >= 11 is 0. The molecule has 2 unspecified atom stereocenters. The molecule has 1 aliphatic heterocycles. The van der Waals surface area contributed by atoms with Gasteiger partial charge in [-0.25, -0.2) is 13.1 Å². The first-order valence-corrected chi connectivity index (χ1v) is 13.3. The number of para-hydroxylation sites is 2. The van der Waals surface area contributed by atoms with Crippen LogP contribution in [0.3, 0.4) is 0 Å². The zero-order valence-electron chi connectivity index (χ0n) is 19.2. The van der Waals surface area contributed by atoms with Gasteiger partial charge in [0.25, 0.3) is 0 Å². The highest BCUT2D eigenvalue weighted by atomic mass is 32.2. The van der Waals surface area contributed by atoms with Crippen LogP contribution < -0.4 is 9.62 Å². The van der Waals surface area contributed by atoms with Crippen molar-refractivity contribution in [3.05, 3.63) is 94.4 Å². The van der Waals surface area contributed by atoms with Crippen LogP contribution in [-0.4, -0.2) is 31.7 Å². The summed E-state index contributed by atoms with van der Waals surface area (Å²) in [5.41, 5.74) is 13.5. The summed E-state index contributed by atoms with van der Waals surface area (Å²) in [7, 11) is -3.87. The van der Waals surface area contributed by atoms with Crippen molar-refractivity contribution in [1.82, 2.24) is 4.72 Å². The molecular weight excluding hydrogens is 462 g/mol. The van der Waals surface area contributed by atoms with E-state index in [1.54, 1.807) is 0 Å². The van der Waals surface area contributed by atoms with Gasteiger partial charge >= 0.3 is 0 Å². The van der Waals surface area contributed by atoms with Gasteiger partial charge in [0.2, 0.25) is 10.0 Å². The Morgan fingerprint density at radius 1 is 0.914 bits per heavy atom. The number of azide groups is 1. The van der Waals surface area contributed by atoms with Crippen LogP contribution in [0.2, 0.25) is 0 Å². The SMILES string of the molecule is [N-]=[N+]=Nc1ccc(S(=O)(=O)NC2CCCC(N3c4ccccc4CCc4ccccc43)[C@H]2O)cc1. The number of fused-ring (bicyclic) bond motifs is 2. The molecule has 0 amide bonds. The number of hydrogen-bond acceptors (Lipinski definition) is 5. The molecule has 0 saturated heterocycles. The van der Waals surface area contributed by atoms with E-state index in [0.29, 0.717) is 12.1 Å². The van der Waals surface area contributed by atoms with Crippen molar-refractivity contribution < 1.29 is 13.5 Å². The topological polar surface area (TPSA) is 118 Å². The summed E-state index contributed by atoms with van der Waals surface area (Å²) < 4.78 is 29.0. The van der Waals surface area contributed by atoms with E-state index < -0.39 is 22.2 Å². The molecule has 5 rings (SSSR count). The lowest BCUT2D eigenvalue weighted by atomic mass is 9.86. The van der Waals surface area contributed by atoms with Crippen LogP contribution in [0.25, 0.3) is 10.4 Å². The molecule has 9 heteroatoms. The van der Waals surface area contributed by atoms with Crippen LogP contribution in [0, 0.1) is 0 Å². The number of aliphatic hydroxyl groups excluding tert-OH is 1. The van der Waals surface area contributed by atoms with Crippen LogP contribution in [-0.2, 0) is 22.9 Å². The van der Waals surface area contributed by atoms with Gasteiger partial charge in [-0.3, -0.25) is 0 Å². The van der Waals surface area contributed by atoms with Crippen molar-refractivity contribution in [1.29, 1.82) is 0 Å². The van der Waals surface area contributed by atoms with E-state index >= 15 is 0 Å². The Balaban J connectivity index is 1.46. The van der Waals surface area contributed by atoms with Gasteiger partial charge in [-0.2, -0.15) is 0 Å². The van der Waals surface area contributed by atoms with E-state index in [4.69, 9.17) is 5.53 Å². The van der Waals surface area contributed by atoms with Gasteiger partial charge in [0, 0.05) is 22.0 Å². The molecule has 0 bridgehead atoms. The Hall–Kier alpha value is -3.36. The lowest BCUT2D eigenvalue weighted by Gasteiger charge is -2.43. The highest BCUT2D eigenvalue weighted by molar-refractivity contribution is 7.89. The van der Waals surface area contributed by atoms with E-state index in [1.807, 2.05) is 24.3 Å². The Morgan fingerprint density at radius 3 is 2.11 bits per heavy atom. The molecule has 1 aliphatic carbocycles. The minimum atomic E-state index is -3.87. The first-order valence-electron chi connectivity index (χ1n) is 11.8. The molecule has 1 saturated carbocycles. The molecule has 180 valence electrons. The maximum atomic E-state index is 13.1. The highest BCUT2D eigenvalue weighted by Gasteiger charge is 2.39. The zero-order chi connectivity index (χ0) is 24.4. The monoisotopic (exact) mass is 489 g/mol. The van der Waals surface area contributed by atoms with E-state index in [1.165, 1.54) is 35.4 Å². The summed E-state index contributed by atoms with van der Waals surface area (Å²) in [5.74, 6) is 0. The van der Waals surface area contributed by atoms with Crippen LogP contribution in [0.15, 0.2) is 82.8 Å². The number of nitrogens with zero attached hydrogens (tertiary/aromatic N) is 4. The molecule has 35 heavy (non-hydrogen) atoms. The predicted molar refractivity (Wildman–Crippen MR) is 135 cm³/mol. The Labute approximate surface area is 204 Å². The Kier molecular flexibility index (Phi) is 6.49. The summed E-state index contributed by atoms with van der Waals surface area (Å²) in [5, 5.41) is 15.0. The van der Waals surface area contributed by atoms with Gasteiger partial charge in [0.05, 0.1) is 23.1 Å². The standard InChI is InChI=1S/C26H27N5O3S/c27-30-28-20-14-16-21(17-15-20)35(33,34)29-22-8-5-11-25(26(22)32)31-23-9-3-1-6-18(23)12-13-19-7-2-4-10-24(19)31/h1-4,6-7,9-10,14-17,22,25-26,29,32H,5,8,11-13H2/t22?,25?,26-/m0/s1. The third-order valence-corrected chi connectivity index (χ3v) is 8.44. The average Bonchev–Trinajstić information content (AvgIpc) is 3.03. The number of hydrogen-bond donors (Lipinski definition) is 2. The van der Waals surface area contributed by atoms with E-state index in [9.17, 15) is 13.5 Å². The molecular formula is C26H27N5O3S. The number of benzene rings is 3. The number of aryl methyl sites for hydroxylation is 2. The molecule has 0 spiro atoms. The van der Waals surface area contributed by atoms with Crippen molar-refractivity contribution in [3.8, 4) is 0 Å². The first kappa shape index (κ1) is 23.4. The van der Waals surface area contributed by atoms with Crippen LogP contribution >= 0.6 is 0 Å². The van der Waals surface area contributed by atoms with Crippen molar-refractivity contribution in [2.75, 3.05) is 4.90 Å². The predicted octanol–water partition coefficient (Wildman–Crippen LogP) is 5.13.